The van der Waals surface area contributed by atoms with Crippen molar-refractivity contribution in [3.63, 3.8) is 0 Å². The number of carbonyl (C=O) groups excluding carboxylic acids is 3. The van der Waals surface area contributed by atoms with Crippen LogP contribution in [-0.2, 0) is 14.3 Å². The minimum atomic E-state index is -0.629. The molecule has 2 fully saturated rings. The molecule has 2 amide bonds. The van der Waals surface area contributed by atoms with Crippen LogP contribution in [0.3, 0.4) is 0 Å². The summed E-state index contributed by atoms with van der Waals surface area (Å²) < 4.78 is 4.95. The van der Waals surface area contributed by atoms with Gasteiger partial charge in [0.25, 0.3) is 0 Å². The number of esters is 1. The third-order valence-electron chi connectivity index (χ3n) is 5.75. The van der Waals surface area contributed by atoms with Gasteiger partial charge in [-0.15, -0.1) is 0 Å². The zero-order chi connectivity index (χ0) is 17.1. The topological polar surface area (TPSA) is 63.7 Å². The Labute approximate surface area is 140 Å². The molecule has 4 atom stereocenters. The zero-order valence-electron chi connectivity index (χ0n) is 13.7. The molecule has 2 bridgehead atoms. The number of hydrogen-bond acceptors (Lipinski definition) is 4. The molecule has 1 aromatic carbocycles. The molecule has 5 nitrogen and oxygen atoms in total. The summed E-state index contributed by atoms with van der Waals surface area (Å²) in [5.41, 5.74) is 0.303. The maximum absolute atomic E-state index is 13.0. The van der Waals surface area contributed by atoms with Crippen molar-refractivity contribution < 1.29 is 19.1 Å². The minimum absolute atomic E-state index is 0.122. The van der Waals surface area contributed by atoms with E-state index in [0.717, 1.165) is 6.42 Å². The summed E-state index contributed by atoms with van der Waals surface area (Å²) in [5, 5.41) is 0. The van der Waals surface area contributed by atoms with E-state index in [1.165, 1.54) is 4.90 Å². The molecular formula is C19H19NO4. The number of benzene rings is 1. The molecule has 1 aliphatic heterocycles. The lowest BCUT2D eigenvalue weighted by Crippen LogP contribution is -2.37. The van der Waals surface area contributed by atoms with E-state index in [1.54, 1.807) is 31.2 Å². The number of fused-ring (bicyclic) bond motifs is 5. The van der Waals surface area contributed by atoms with Crippen molar-refractivity contribution in [2.75, 3.05) is 11.5 Å². The van der Waals surface area contributed by atoms with Crippen LogP contribution in [0.2, 0.25) is 0 Å². The van der Waals surface area contributed by atoms with E-state index in [9.17, 15) is 14.4 Å². The number of carbonyl (C=O) groups is 3. The predicted molar refractivity (Wildman–Crippen MR) is 87.2 cm³/mol. The van der Waals surface area contributed by atoms with Crippen LogP contribution >= 0.6 is 0 Å². The maximum atomic E-state index is 13.0. The fourth-order valence-electron chi connectivity index (χ4n) is 4.51. The number of amides is 2. The Balaban J connectivity index is 1.65. The number of nitrogens with zero attached hydrogens (tertiary/aromatic N) is 1. The van der Waals surface area contributed by atoms with Gasteiger partial charge in [-0.3, -0.25) is 9.59 Å². The molecule has 1 heterocycles. The highest BCUT2D eigenvalue weighted by atomic mass is 16.5. The predicted octanol–water partition coefficient (Wildman–Crippen LogP) is 2.56. The second-order valence-electron chi connectivity index (χ2n) is 6.90. The van der Waals surface area contributed by atoms with Crippen LogP contribution in [0.25, 0.3) is 0 Å². The smallest absolute Gasteiger partial charge is 0.338 e. The molecule has 0 unspecified atom stereocenters. The third kappa shape index (κ3) is 1.78. The van der Waals surface area contributed by atoms with Crippen LogP contribution in [-0.4, -0.2) is 24.4 Å². The highest BCUT2D eigenvalue weighted by Gasteiger charge is 2.67. The summed E-state index contributed by atoms with van der Waals surface area (Å²) in [6.45, 7) is 3.97. The molecule has 5 heteroatoms. The van der Waals surface area contributed by atoms with Gasteiger partial charge in [0.2, 0.25) is 11.8 Å². The van der Waals surface area contributed by atoms with E-state index in [1.807, 2.05) is 6.92 Å². The van der Waals surface area contributed by atoms with Crippen LogP contribution < -0.4 is 4.90 Å². The molecule has 124 valence electrons. The van der Waals surface area contributed by atoms with Gasteiger partial charge in [0.15, 0.2) is 0 Å². The Bertz CT molecular complexity index is 766. The summed E-state index contributed by atoms with van der Waals surface area (Å²) in [6, 6.07) is 6.47. The number of allylic oxidation sites excluding steroid dienone is 2. The van der Waals surface area contributed by atoms with Gasteiger partial charge in [-0.1, -0.05) is 12.2 Å². The molecule has 1 saturated heterocycles. The summed E-state index contributed by atoms with van der Waals surface area (Å²) in [7, 11) is 0. The largest absolute Gasteiger partial charge is 0.462 e. The molecule has 0 radical (unpaired) electrons. The van der Waals surface area contributed by atoms with Gasteiger partial charge >= 0.3 is 5.97 Å². The minimum Gasteiger partial charge on any atom is -0.462 e. The molecule has 3 aliphatic rings. The van der Waals surface area contributed by atoms with E-state index in [-0.39, 0.29) is 29.6 Å². The van der Waals surface area contributed by atoms with Crippen molar-refractivity contribution in [1.82, 2.24) is 0 Å². The lowest BCUT2D eigenvalue weighted by atomic mass is 9.71. The van der Waals surface area contributed by atoms with Crippen LogP contribution in [0.5, 0.6) is 0 Å². The van der Waals surface area contributed by atoms with Crippen molar-refractivity contribution in [1.29, 1.82) is 0 Å². The lowest BCUT2D eigenvalue weighted by molar-refractivity contribution is -0.127. The van der Waals surface area contributed by atoms with Gasteiger partial charge in [-0.05, 0) is 56.4 Å². The number of rotatable bonds is 3. The maximum Gasteiger partial charge on any atom is 0.338 e. The van der Waals surface area contributed by atoms with Crippen molar-refractivity contribution in [2.45, 2.75) is 20.3 Å². The summed E-state index contributed by atoms with van der Waals surface area (Å²) in [5.74, 6) is -0.603. The molecule has 24 heavy (non-hydrogen) atoms. The first kappa shape index (κ1) is 15.1. The average Bonchev–Trinajstić information content (AvgIpc) is 3.20. The molecule has 0 N–H and O–H groups in total. The van der Waals surface area contributed by atoms with Crippen molar-refractivity contribution >= 4 is 23.5 Å². The first-order valence-corrected chi connectivity index (χ1v) is 8.32. The van der Waals surface area contributed by atoms with Gasteiger partial charge in [0.05, 0.1) is 29.2 Å². The van der Waals surface area contributed by atoms with E-state index in [0.29, 0.717) is 17.9 Å². The Kier molecular flexibility index (Phi) is 3.17. The van der Waals surface area contributed by atoms with Crippen LogP contribution in [0, 0.1) is 23.2 Å². The lowest BCUT2D eigenvalue weighted by Gasteiger charge is -2.28. The van der Waals surface area contributed by atoms with Crippen molar-refractivity contribution in [2.24, 2.45) is 23.2 Å². The standard InChI is InChI=1S/C19H19NO4/c1-3-24-17(22)11-5-8-14(9-6-11)20-16(21)15-12-4-7-13(10-12)19(15,2)18(20)23/h4-9,12-13,15H,3,10H2,1-2H3/t12-,13+,15-,19-/m0/s1. The number of ether oxygens (including phenoxy) is 1. The van der Waals surface area contributed by atoms with E-state index in [2.05, 4.69) is 12.2 Å². The van der Waals surface area contributed by atoms with Gasteiger partial charge < -0.3 is 4.74 Å². The fraction of sp³-hybridized carbons (Fsp3) is 0.421. The quantitative estimate of drug-likeness (QED) is 0.487. The van der Waals surface area contributed by atoms with Crippen molar-refractivity contribution in [3.8, 4) is 0 Å². The van der Waals surface area contributed by atoms with E-state index < -0.39 is 11.4 Å². The second-order valence-corrected chi connectivity index (χ2v) is 6.90. The molecular weight excluding hydrogens is 306 g/mol. The van der Waals surface area contributed by atoms with Crippen molar-refractivity contribution in [3.05, 3.63) is 42.0 Å². The van der Waals surface area contributed by atoms with E-state index >= 15 is 0 Å². The monoisotopic (exact) mass is 325 g/mol. The summed E-state index contributed by atoms with van der Waals surface area (Å²) in [4.78, 5) is 38.9. The number of imide groups is 1. The Hall–Kier alpha value is -2.43. The Morgan fingerprint density at radius 3 is 2.58 bits per heavy atom. The average molecular weight is 325 g/mol. The Morgan fingerprint density at radius 1 is 1.25 bits per heavy atom. The van der Waals surface area contributed by atoms with Crippen LogP contribution in [0.15, 0.2) is 36.4 Å². The number of hydrogen-bond donors (Lipinski definition) is 0. The Morgan fingerprint density at radius 2 is 1.96 bits per heavy atom. The van der Waals surface area contributed by atoms with E-state index in [4.69, 9.17) is 4.74 Å². The highest BCUT2D eigenvalue weighted by molar-refractivity contribution is 6.24. The molecule has 4 rings (SSSR count). The first-order chi connectivity index (χ1) is 11.5. The molecule has 0 aromatic heterocycles. The molecule has 0 spiro atoms. The van der Waals surface area contributed by atoms with Gasteiger partial charge in [-0.2, -0.15) is 0 Å². The van der Waals surface area contributed by atoms with Gasteiger partial charge in [0.1, 0.15) is 0 Å². The first-order valence-electron chi connectivity index (χ1n) is 8.32. The zero-order valence-corrected chi connectivity index (χ0v) is 13.7. The SMILES string of the molecule is CCOC(=O)c1ccc(N2C(=O)[C@@H]3[C@H]4C=C[C@H](C4)[C@]3(C)C2=O)cc1. The second kappa shape index (κ2) is 5.03. The molecule has 1 aromatic rings. The number of anilines is 1. The van der Waals surface area contributed by atoms with Gasteiger partial charge in [-0.25, -0.2) is 9.69 Å². The normalized spacial score (nSPS) is 33.2. The molecule has 1 saturated carbocycles. The third-order valence-corrected chi connectivity index (χ3v) is 5.75. The summed E-state index contributed by atoms with van der Waals surface area (Å²) >= 11 is 0. The molecule has 2 aliphatic carbocycles. The van der Waals surface area contributed by atoms with Gasteiger partial charge in [0, 0.05) is 0 Å². The summed E-state index contributed by atoms with van der Waals surface area (Å²) in [6.07, 6.45) is 5.06. The van der Waals surface area contributed by atoms with Crippen LogP contribution in [0.4, 0.5) is 5.69 Å². The highest BCUT2D eigenvalue weighted by Crippen LogP contribution is 2.60. The van der Waals surface area contributed by atoms with Crippen LogP contribution in [0.1, 0.15) is 30.6 Å². The fourth-order valence-corrected chi connectivity index (χ4v) is 4.51.